The van der Waals surface area contributed by atoms with E-state index in [1.165, 1.54) is 11.8 Å². The molecule has 0 rings (SSSR count). The summed E-state index contributed by atoms with van der Waals surface area (Å²) in [4.78, 5) is 0. The molecule has 0 saturated carbocycles. The van der Waals surface area contributed by atoms with Gasteiger partial charge in [0, 0.05) is 0 Å². The van der Waals surface area contributed by atoms with E-state index in [4.69, 9.17) is 11.2 Å². The summed E-state index contributed by atoms with van der Waals surface area (Å²) in [7, 11) is 0. The normalized spacial score (nSPS) is 7.50. The summed E-state index contributed by atoms with van der Waals surface area (Å²) in [6.07, 6.45) is 6.73. The molecule has 0 saturated heterocycles. The van der Waals surface area contributed by atoms with Crippen molar-refractivity contribution in [1.82, 2.24) is 0 Å². The predicted octanol–water partition coefficient (Wildman–Crippen LogP) is 1.28. The highest BCUT2D eigenvalue weighted by Gasteiger charge is 1.87. The monoisotopic (exact) mass is 146 g/mol. The average molecular weight is 146 g/mol. The molecule has 0 unspecified atom stereocenters. The lowest BCUT2D eigenvalue weighted by Gasteiger charge is -1.96. The van der Waals surface area contributed by atoms with Crippen molar-refractivity contribution in [3.05, 3.63) is 0 Å². The van der Waals surface area contributed by atoms with Crippen LogP contribution in [0, 0.1) is 12.3 Å². The van der Waals surface area contributed by atoms with Gasteiger partial charge in [-0.3, -0.25) is 0 Å². The SMILES string of the molecule is C#CCOC(=S)SC. The van der Waals surface area contributed by atoms with Gasteiger partial charge in [0.2, 0.25) is 4.38 Å². The number of terminal acetylenes is 1. The smallest absolute Gasteiger partial charge is 0.220 e. The zero-order chi connectivity index (χ0) is 6.41. The molecule has 0 amide bonds. The molecule has 0 aromatic carbocycles. The molecule has 0 aromatic rings. The predicted molar refractivity (Wildman–Crippen MR) is 40.9 cm³/mol. The van der Waals surface area contributed by atoms with Crippen LogP contribution in [0.2, 0.25) is 0 Å². The third-order valence-electron chi connectivity index (χ3n) is 0.440. The third-order valence-corrected chi connectivity index (χ3v) is 1.51. The van der Waals surface area contributed by atoms with Crippen molar-refractivity contribution in [3.63, 3.8) is 0 Å². The van der Waals surface area contributed by atoms with E-state index in [9.17, 15) is 0 Å². The second-order valence-electron chi connectivity index (χ2n) is 0.947. The van der Waals surface area contributed by atoms with Crippen LogP contribution in [0.5, 0.6) is 0 Å². The van der Waals surface area contributed by atoms with E-state index >= 15 is 0 Å². The molecule has 0 atom stereocenters. The summed E-state index contributed by atoms with van der Waals surface area (Å²) >= 11 is 6.04. The second kappa shape index (κ2) is 4.95. The Morgan fingerprint density at radius 3 is 3.00 bits per heavy atom. The zero-order valence-corrected chi connectivity index (χ0v) is 6.14. The summed E-state index contributed by atoms with van der Waals surface area (Å²) in [5, 5.41) is 0. The molecule has 0 bridgehead atoms. The van der Waals surface area contributed by atoms with E-state index in [0.29, 0.717) is 4.38 Å². The maximum Gasteiger partial charge on any atom is 0.220 e. The summed E-state index contributed by atoms with van der Waals surface area (Å²) in [6, 6.07) is 0. The van der Waals surface area contributed by atoms with Crippen molar-refractivity contribution in [1.29, 1.82) is 0 Å². The minimum atomic E-state index is 0.277. The van der Waals surface area contributed by atoms with Gasteiger partial charge in [0.15, 0.2) is 0 Å². The summed E-state index contributed by atoms with van der Waals surface area (Å²) < 4.78 is 5.30. The van der Waals surface area contributed by atoms with Gasteiger partial charge in [-0.25, -0.2) is 0 Å². The highest BCUT2D eigenvalue weighted by atomic mass is 32.2. The molecule has 0 aromatic heterocycles. The molecule has 0 aliphatic heterocycles. The van der Waals surface area contributed by atoms with Gasteiger partial charge >= 0.3 is 0 Å². The van der Waals surface area contributed by atoms with Gasteiger partial charge in [0.1, 0.15) is 6.61 Å². The Morgan fingerprint density at radius 2 is 2.62 bits per heavy atom. The number of thioether (sulfide) groups is 1. The summed E-state index contributed by atoms with van der Waals surface area (Å²) in [6.45, 7) is 0.277. The fourth-order valence-electron chi connectivity index (χ4n) is 0.160. The Labute approximate surface area is 58.8 Å². The van der Waals surface area contributed by atoms with Crippen LogP contribution >= 0.6 is 24.0 Å². The Hall–Kier alpha value is -0.200. The van der Waals surface area contributed by atoms with E-state index in [-0.39, 0.29) is 6.61 Å². The molecule has 0 N–H and O–H groups in total. The summed E-state index contributed by atoms with van der Waals surface area (Å²) in [5.74, 6) is 2.31. The Bertz CT molecular complexity index is 114. The second-order valence-corrected chi connectivity index (χ2v) is 2.36. The molecule has 0 aliphatic rings. The fourth-order valence-corrected chi connectivity index (χ4v) is 0.395. The first-order chi connectivity index (χ1) is 3.81. The summed E-state index contributed by atoms with van der Waals surface area (Å²) in [5.41, 5.74) is 0. The van der Waals surface area contributed by atoms with E-state index in [2.05, 4.69) is 18.1 Å². The first-order valence-electron chi connectivity index (χ1n) is 1.95. The van der Waals surface area contributed by atoms with Crippen molar-refractivity contribution in [2.45, 2.75) is 0 Å². The van der Waals surface area contributed by atoms with Crippen molar-refractivity contribution in [2.75, 3.05) is 12.9 Å². The maximum absolute atomic E-state index is 4.89. The van der Waals surface area contributed by atoms with Crippen LogP contribution in [0.4, 0.5) is 0 Å². The van der Waals surface area contributed by atoms with Crippen LogP contribution in [0.15, 0.2) is 0 Å². The van der Waals surface area contributed by atoms with Crippen molar-refractivity contribution >= 4 is 28.4 Å². The van der Waals surface area contributed by atoms with Gasteiger partial charge in [0.25, 0.3) is 0 Å². The molecule has 0 heterocycles. The molecule has 3 heteroatoms. The molecule has 0 spiro atoms. The van der Waals surface area contributed by atoms with Gasteiger partial charge in [-0.15, -0.1) is 6.42 Å². The lowest BCUT2D eigenvalue weighted by Crippen LogP contribution is -1.94. The number of thiocarbonyl (C=S) groups is 1. The van der Waals surface area contributed by atoms with E-state index in [1.54, 1.807) is 0 Å². The number of hydrogen-bond acceptors (Lipinski definition) is 3. The number of rotatable bonds is 1. The van der Waals surface area contributed by atoms with Crippen LogP contribution in [-0.4, -0.2) is 17.2 Å². The zero-order valence-electron chi connectivity index (χ0n) is 4.51. The molecule has 8 heavy (non-hydrogen) atoms. The number of hydrogen-bond donors (Lipinski definition) is 0. The van der Waals surface area contributed by atoms with Crippen LogP contribution in [0.25, 0.3) is 0 Å². The quantitative estimate of drug-likeness (QED) is 0.407. The molecule has 0 radical (unpaired) electrons. The van der Waals surface area contributed by atoms with Crippen molar-refractivity contribution in [3.8, 4) is 12.3 Å². The molecule has 0 aliphatic carbocycles. The van der Waals surface area contributed by atoms with Gasteiger partial charge in [-0.2, -0.15) is 0 Å². The van der Waals surface area contributed by atoms with Crippen LogP contribution in [-0.2, 0) is 4.74 Å². The lowest BCUT2D eigenvalue weighted by molar-refractivity contribution is 0.378. The lowest BCUT2D eigenvalue weighted by atomic mass is 10.8. The molecule has 0 fully saturated rings. The van der Waals surface area contributed by atoms with Gasteiger partial charge < -0.3 is 4.74 Å². The van der Waals surface area contributed by atoms with E-state index in [1.807, 2.05) is 6.26 Å². The molecular weight excluding hydrogens is 140 g/mol. The first kappa shape index (κ1) is 7.80. The Morgan fingerprint density at radius 1 is 2.00 bits per heavy atom. The van der Waals surface area contributed by atoms with Crippen molar-refractivity contribution in [2.24, 2.45) is 0 Å². The molecular formula is C5H6OS2. The minimum absolute atomic E-state index is 0.277. The van der Waals surface area contributed by atoms with Crippen LogP contribution < -0.4 is 0 Å². The third kappa shape index (κ3) is 3.97. The minimum Gasteiger partial charge on any atom is -0.465 e. The Balaban J connectivity index is 3.15. The maximum atomic E-state index is 4.89. The Kier molecular flexibility index (Phi) is 4.82. The average Bonchev–Trinajstić information content (AvgIpc) is 1.83. The van der Waals surface area contributed by atoms with Crippen molar-refractivity contribution < 1.29 is 4.74 Å². The van der Waals surface area contributed by atoms with Gasteiger partial charge in [0.05, 0.1) is 0 Å². The largest absolute Gasteiger partial charge is 0.465 e. The topological polar surface area (TPSA) is 9.23 Å². The number of ether oxygens (including phenoxy) is 1. The standard InChI is InChI=1S/C5H6OS2/c1-3-4-6-5(7)8-2/h1H,4H2,2H3. The molecule has 1 nitrogen and oxygen atoms in total. The fraction of sp³-hybridized carbons (Fsp3) is 0.400. The highest BCUT2D eigenvalue weighted by molar-refractivity contribution is 8.22. The van der Waals surface area contributed by atoms with Crippen LogP contribution in [0.1, 0.15) is 0 Å². The van der Waals surface area contributed by atoms with Gasteiger partial charge in [-0.1, -0.05) is 17.7 Å². The molecule has 44 valence electrons. The van der Waals surface area contributed by atoms with E-state index in [0.717, 1.165) is 0 Å². The highest BCUT2D eigenvalue weighted by Crippen LogP contribution is 1.97. The van der Waals surface area contributed by atoms with Gasteiger partial charge in [-0.05, 0) is 18.5 Å². The first-order valence-corrected chi connectivity index (χ1v) is 3.58. The van der Waals surface area contributed by atoms with Crippen LogP contribution in [0.3, 0.4) is 0 Å². The van der Waals surface area contributed by atoms with E-state index < -0.39 is 0 Å².